The molecule has 1 aliphatic heterocycles. The summed E-state index contributed by atoms with van der Waals surface area (Å²) in [6.07, 6.45) is 0. The number of ketones is 2. The number of nitrogens with one attached hydrogen (secondary N) is 1. The van der Waals surface area contributed by atoms with Gasteiger partial charge in [-0.1, -0.05) is 35.2 Å². The number of benzene rings is 1. The summed E-state index contributed by atoms with van der Waals surface area (Å²) in [5, 5.41) is 12.7. The summed E-state index contributed by atoms with van der Waals surface area (Å²) in [6.45, 7) is 0. The van der Waals surface area contributed by atoms with Gasteiger partial charge in [-0.25, -0.2) is 0 Å². The molecule has 0 bridgehead atoms. The lowest BCUT2D eigenvalue weighted by Crippen LogP contribution is -2.26. The number of thioether (sulfide) groups is 1. The molecule has 5 nitrogen and oxygen atoms in total. The van der Waals surface area contributed by atoms with Gasteiger partial charge in [0, 0.05) is 16.0 Å². The zero-order valence-corrected chi connectivity index (χ0v) is 15.4. The van der Waals surface area contributed by atoms with Crippen molar-refractivity contribution < 1.29 is 14.7 Å². The van der Waals surface area contributed by atoms with Crippen LogP contribution in [0.5, 0.6) is 5.75 Å². The minimum Gasteiger partial charge on any atom is -0.507 e. The number of hydrogen-bond acceptors (Lipinski definition) is 7. The van der Waals surface area contributed by atoms with Gasteiger partial charge in [-0.2, -0.15) is 0 Å². The smallest absolute Gasteiger partial charge is 0.305 e. The third-order valence-electron chi connectivity index (χ3n) is 4.43. The molecule has 2 aliphatic rings. The number of hydrogen-bond donors (Lipinski definition) is 2. The molecular weight excluding hydrogens is 390 g/mol. The van der Waals surface area contributed by atoms with Gasteiger partial charge in [0.1, 0.15) is 5.75 Å². The standard InChI is InChI=1S/C18H9NO4S3/c20-8-4-1-3-7-10(8)14(22)12-11(9-5-2-6-24-9)16-17(19-18(23)26-16)25-15(12)13(7)21/h1-6,11,20H,(H,19,23). The number of phenolic OH excluding ortho intramolecular Hbond substituents is 1. The van der Waals surface area contributed by atoms with Crippen LogP contribution >= 0.6 is 34.4 Å². The number of phenols is 1. The Morgan fingerprint density at radius 3 is 2.65 bits per heavy atom. The molecular formula is C18H9NO4S3. The maximum Gasteiger partial charge on any atom is 0.305 e. The first-order valence-corrected chi connectivity index (χ1v) is 10.2. The van der Waals surface area contributed by atoms with Crippen molar-refractivity contribution in [3.05, 3.63) is 76.7 Å². The molecule has 0 saturated carbocycles. The molecule has 8 heteroatoms. The molecule has 1 unspecified atom stereocenters. The summed E-state index contributed by atoms with van der Waals surface area (Å²) in [7, 11) is 0. The van der Waals surface area contributed by atoms with Crippen molar-refractivity contribution in [3.63, 3.8) is 0 Å². The topological polar surface area (TPSA) is 87.2 Å². The summed E-state index contributed by atoms with van der Waals surface area (Å²) in [4.78, 5) is 42.8. The summed E-state index contributed by atoms with van der Waals surface area (Å²) in [5.74, 6) is -1.33. The average Bonchev–Trinajstić information content (AvgIpc) is 3.26. The van der Waals surface area contributed by atoms with Crippen LogP contribution < -0.4 is 4.87 Å². The summed E-state index contributed by atoms with van der Waals surface area (Å²) in [6, 6.07) is 8.27. The van der Waals surface area contributed by atoms with Crippen molar-refractivity contribution in [2.75, 3.05) is 0 Å². The molecule has 1 aromatic carbocycles. The fourth-order valence-electron chi connectivity index (χ4n) is 3.37. The predicted molar refractivity (Wildman–Crippen MR) is 101 cm³/mol. The van der Waals surface area contributed by atoms with Gasteiger partial charge in [0.25, 0.3) is 0 Å². The zero-order chi connectivity index (χ0) is 18.0. The second-order valence-corrected chi connectivity index (χ2v) is 8.87. The lowest BCUT2D eigenvalue weighted by Gasteiger charge is -2.29. The summed E-state index contributed by atoms with van der Waals surface area (Å²) in [5.41, 5.74) is 0.594. The number of carbonyl (C=O) groups excluding carboxylic acids is 2. The first kappa shape index (κ1) is 15.8. The number of aromatic nitrogens is 1. The molecule has 1 atom stereocenters. The van der Waals surface area contributed by atoms with E-state index in [-0.39, 0.29) is 33.3 Å². The van der Waals surface area contributed by atoms with Crippen molar-refractivity contribution in [1.29, 1.82) is 0 Å². The fraction of sp³-hybridized carbons (Fsp3) is 0.0556. The lowest BCUT2D eigenvalue weighted by atomic mass is 9.81. The minimum absolute atomic E-state index is 0.0461. The van der Waals surface area contributed by atoms with Gasteiger partial charge in [-0.15, -0.1) is 11.3 Å². The Morgan fingerprint density at radius 1 is 1.04 bits per heavy atom. The van der Waals surface area contributed by atoms with Crippen LogP contribution in [-0.2, 0) is 0 Å². The van der Waals surface area contributed by atoms with Gasteiger partial charge in [-0.05, 0) is 23.6 Å². The number of Topliss-reactive ketones (excluding diaryl/α,β-unsaturated/α-hetero) is 2. The van der Waals surface area contributed by atoms with E-state index in [9.17, 15) is 19.5 Å². The second kappa shape index (κ2) is 5.54. The maximum absolute atomic E-state index is 13.3. The van der Waals surface area contributed by atoms with Gasteiger partial charge >= 0.3 is 4.87 Å². The number of thiophene rings is 1. The highest BCUT2D eigenvalue weighted by atomic mass is 32.2. The van der Waals surface area contributed by atoms with Gasteiger partial charge < -0.3 is 10.1 Å². The Bertz CT molecular complexity index is 1180. The highest BCUT2D eigenvalue weighted by molar-refractivity contribution is 8.04. The van der Waals surface area contributed by atoms with E-state index in [1.54, 1.807) is 12.1 Å². The highest BCUT2D eigenvalue weighted by Crippen LogP contribution is 2.53. The Hall–Kier alpha value is -2.42. The number of allylic oxidation sites excluding steroid dienone is 2. The van der Waals surface area contributed by atoms with Gasteiger partial charge in [0.05, 0.1) is 26.3 Å². The van der Waals surface area contributed by atoms with Crippen LogP contribution in [0.15, 0.2) is 56.0 Å². The van der Waals surface area contributed by atoms with E-state index >= 15 is 0 Å². The van der Waals surface area contributed by atoms with Crippen LogP contribution in [0.1, 0.15) is 36.4 Å². The van der Waals surface area contributed by atoms with Crippen LogP contribution in [0.4, 0.5) is 0 Å². The highest BCUT2D eigenvalue weighted by Gasteiger charge is 2.44. The van der Waals surface area contributed by atoms with E-state index in [0.29, 0.717) is 15.5 Å². The molecule has 2 aromatic heterocycles. The molecule has 26 heavy (non-hydrogen) atoms. The monoisotopic (exact) mass is 399 g/mol. The molecule has 2 N–H and O–H groups in total. The largest absolute Gasteiger partial charge is 0.507 e. The Balaban J connectivity index is 1.82. The molecule has 3 aromatic rings. The molecule has 128 valence electrons. The van der Waals surface area contributed by atoms with E-state index in [2.05, 4.69) is 4.98 Å². The number of aromatic hydroxyl groups is 1. The van der Waals surface area contributed by atoms with Crippen LogP contribution in [0.2, 0.25) is 0 Å². The van der Waals surface area contributed by atoms with E-state index in [4.69, 9.17) is 0 Å². The number of H-pyrrole nitrogens is 1. The first-order valence-electron chi connectivity index (χ1n) is 7.66. The SMILES string of the molecule is O=C1C2=C(C(=O)c3c(O)cccc31)C(c1cccs1)c1sc(=O)[nH]c1S2. The third-order valence-corrected chi connectivity index (χ3v) is 7.58. The fourth-order valence-corrected chi connectivity index (χ4v) is 6.55. The number of carbonyl (C=O) groups is 2. The number of thiazole rings is 1. The molecule has 0 fully saturated rings. The molecule has 5 rings (SSSR count). The van der Waals surface area contributed by atoms with Crippen molar-refractivity contribution in [2.45, 2.75) is 10.9 Å². The van der Waals surface area contributed by atoms with E-state index in [1.807, 2.05) is 17.5 Å². The summed E-state index contributed by atoms with van der Waals surface area (Å²) >= 11 is 3.65. The lowest BCUT2D eigenvalue weighted by molar-refractivity contribution is 0.0974. The summed E-state index contributed by atoms with van der Waals surface area (Å²) < 4.78 is 0. The van der Waals surface area contributed by atoms with Gasteiger partial charge in [0.2, 0.25) is 5.78 Å². The van der Waals surface area contributed by atoms with Gasteiger partial charge in [-0.3, -0.25) is 14.4 Å². The Labute approximate surface area is 159 Å². The van der Waals surface area contributed by atoms with Crippen molar-refractivity contribution in [3.8, 4) is 5.75 Å². The molecule has 3 heterocycles. The second-order valence-electron chi connectivity index (χ2n) is 5.86. The number of fused-ring (bicyclic) bond motifs is 2. The Morgan fingerprint density at radius 2 is 1.88 bits per heavy atom. The molecule has 0 spiro atoms. The van der Waals surface area contributed by atoms with E-state index in [1.165, 1.54) is 17.4 Å². The predicted octanol–water partition coefficient (Wildman–Crippen LogP) is 3.77. The first-order chi connectivity index (χ1) is 12.6. The molecule has 0 saturated heterocycles. The van der Waals surface area contributed by atoms with Crippen LogP contribution in [-0.4, -0.2) is 21.7 Å². The zero-order valence-electron chi connectivity index (χ0n) is 12.9. The van der Waals surface area contributed by atoms with Crippen LogP contribution in [0.25, 0.3) is 0 Å². The Kier molecular flexibility index (Phi) is 3.37. The number of aromatic amines is 1. The third kappa shape index (κ3) is 2.06. The van der Waals surface area contributed by atoms with Gasteiger partial charge in [0.15, 0.2) is 5.78 Å². The van der Waals surface area contributed by atoms with Crippen LogP contribution in [0.3, 0.4) is 0 Å². The molecule has 0 radical (unpaired) electrons. The van der Waals surface area contributed by atoms with Crippen molar-refractivity contribution >= 4 is 46.0 Å². The maximum atomic E-state index is 13.3. The van der Waals surface area contributed by atoms with E-state index in [0.717, 1.165) is 32.9 Å². The van der Waals surface area contributed by atoms with Crippen molar-refractivity contribution in [1.82, 2.24) is 4.98 Å². The van der Waals surface area contributed by atoms with Crippen molar-refractivity contribution in [2.24, 2.45) is 0 Å². The minimum atomic E-state index is -0.477. The quantitative estimate of drug-likeness (QED) is 0.650. The average molecular weight is 399 g/mol. The van der Waals surface area contributed by atoms with Crippen LogP contribution in [0, 0.1) is 0 Å². The van der Waals surface area contributed by atoms with E-state index < -0.39 is 5.92 Å². The number of rotatable bonds is 1. The molecule has 0 amide bonds. The molecule has 1 aliphatic carbocycles. The normalized spacial score (nSPS) is 18.5.